The number of furan rings is 1. The zero-order valence-corrected chi connectivity index (χ0v) is 13.1. The highest BCUT2D eigenvalue weighted by Gasteiger charge is 2.21. The fraction of sp³-hybridized carbons (Fsp3) is 0.471. The summed E-state index contributed by atoms with van der Waals surface area (Å²) >= 11 is 0. The van der Waals surface area contributed by atoms with Gasteiger partial charge in [-0.3, -0.25) is 0 Å². The second-order valence-electron chi connectivity index (χ2n) is 5.81. The van der Waals surface area contributed by atoms with E-state index >= 15 is 0 Å². The topological polar surface area (TPSA) is 49.6 Å². The molecule has 1 heterocycles. The summed E-state index contributed by atoms with van der Waals surface area (Å²) in [7, 11) is 0. The molecule has 1 saturated carbocycles. The maximum absolute atomic E-state index is 13.3. The minimum absolute atomic E-state index is 0.245. The van der Waals surface area contributed by atoms with Gasteiger partial charge in [-0.1, -0.05) is 0 Å². The van der Waals surface area contributed by atoms with Crippen LogP contribution in [0.25, 0.3) is 11.0 Å². The summed E-state index contributed by atoms with van der Waals surface area (Å²) in [4.78, 5) is 4.57. The quantitative estimate of drug-likeness (QED) is 0.658. The van der Waals surface area contributed by atoms with Crippen molar-refractivity contribution >= 4 is 16.9 Å². The highest BCUT2D eigenvalue weighted by Crippen LogP contribution is 2.28. The number of hydrogen-bond acceptors (Lipinski definition) is 2. The Morgan fingerprint density at radius 2 is 2.18 bits per heavy atom. The maximum Gasteiger partial charge on any atom is 0.191 e. The summed E-state index contributed by atoms with van der Waals surface area (Å²) in [6.07, 6.45) is 2.61. The SMILES string of the molecule is CCNC(=NCc1oc2ccc(F)cc2c1C)NCC1CC1. The van der Waals surface area contributed by atoms with Crippen molar-refractivity contribution in [1.82, 2.24) is 10.6 Å². The molecule has 0 saturated heterocycles. The standard InChI is InChI=1S/C17H22FN3O/c1-3-19-17(20-9-12-4-5-12)21-10-16-11(2)14-8-13(18)6-7-15(14)22-16/h6-8,12H,3-5,9-10H2,1-2H3,(H2,19,20,21). The van der Waals surface area contributed by atoms with Crippen LogP contribution < -0.4 is 10.6 Å². The molecule has 2 N–H and O–H groups in total. The molecule has 118 valence electrons. The lowest BCUT2D eigenvalue weighted by Gasteiger charge is -2.10. The Hall–Kier alpha value is -2.04. The summed E-state index contributed by atoms with van der Waals surface area (Å²) in [5, 5.41) is 7.41. The van der Waals surface area contributed by atoms with Crippen LogP contribution in [-0.2, 0) is 6.54 Å². The van der Waals surface area contributed by atoms with Crippen LogP contribution in [0, 0.1) is 18.7 Å². The highest BCUT2D eigenvalue weighted by molar-refractivity contribution is 5.82. The third kappa shape index (κ3) is 3.40. The molecule has 1 aliphatic carbocycles. The predicted octanol–water partition coefficient (Wildman–Crippen LogP) is 3.35. The molecule has 4 nitrogen and oxygen atoms in total. The van der Waals surface area contributed by atoms with Crippen LogP contribution in [0.1, 0.15) is 31.1 Å². The van der Waals surface area contributed by atoms with Crippen molar-refractivity contribution in [1.29, 1.82) is 0 Å². The number of hydrogen-bond donors (Lipinski definition) is 2. The van der Waals surface area contributed by atoms with E-state index in [0.717, 1.165) is 41.7 Å². The van der Waals surface area contributed by atoms with Crippen molar-refractivity contribution in [2.75, 3.05) is 13.1 Å². The third-order valence-corrected chi connectivity index (χ3v) is 3.98. The number of guanidine groups is 1. The van der Waals surface area contributed by atoms with Crippen LogP contribution >= 0.6 is 0 Å². The summed E-state index contributed by atoms with van der Waals surface area (Å²) in [6, 6.07) is 4.60. The number of fused-ring (bicyclic) bond motifs is 1. The minimum Gasteiger partial charge on any atom is -0.459 e. The second-order valence-corrected chi connectivity index (χ2v) is 5.81. The van der Waals surface area contributed by atoms with Gasteiger partial charge >= 0.3 is 0 Å². The molecule has 0 atom stereocenters. The van der Waals surface area contributed by atoms with E-state index in [0.29, 0.717) is 12.1 Å². The first-order valence-electron chi connectivity index (χ1n) is 7.87. The van der Waals surface area contributed by atoms with Crippen molar-refractivity contribution in [2.45, 2.75) is 33.2 Å². The van der Waals surface area contributed by atoms with E-state index in [-0.39, 0.29) is 5.82 Å². The largest absolute Gasteiger partial charge is 0.459 e. The van der Waals surface area contributed by atoms with E-state index in [4.69, 9.17) is 4.42 Å². The lowest BCUT2D eigenvalue weighted by molar-refractivity contribution is 0.547. The van der Waals surface area contributed by atoms with Crippen LogP contribution in [0.15, 0.2) is 27.6 Å². The fourth-order valence-electron chi connectivity index (χ4n) is 2.45. The normalized spacial score (nSPS) is 15.3. The number of benzene rings is 1. The molecule has 5 heteroatoms. The maximum atomic E-state index is 13.3. The van der Waals surface area contributed by atoms with Crippen molar-refractivity contribution < 1.29 is 8.81 Å². The molecule has 1 aromatic carbocycles. The first kappa shape index (κ1) is 14.9. The molecule has 0 radical (unpaired) electrons. The molecule has 1 fully saturated rings. The third-order valence-electron chi connectivity index (χ3n) is 3.98. The molecule has 22 heavy (non-hydrogen) atoms. The summed E-state index contributed by atoms with van der Waals surface area (Å²) in [6.45, 7) is 6.23. The monoisotopic (exact) mass is 303 g/mol. The van der Waals surface area contributed by atoms with Gasteiger partial charge in [0.25, 0.3) is 0 Å². The molecule has 1 aromatic heterocycles. The zero-order chi connectivity index (χ0) is 15.5. The fourth-order valence-corrected chi connectivity index (χ4v) is 2.45. The highest BCUT2D eigenvalue weighted by atomic mass is 19.1. The van der Waals surface area contributed by atoms with Crippen molar-refractivity contribution in [2.24, 2.45) is 10.9 Å². The molecular weight excluding hydrogens is 281 g/mol. The summed E-state index contributed by atoms with van der Waals surface area (Å²) in [5.41, 5.74) is 1.66. The second kappa shape index (κ2) is 6.38. The molecule has 0 bridgehead atoms. The number of nitrogens with zero attached hydrogens (tertiary/aromatic N) is 1. The molecule has 0 spiro atoms. The predicted molar refractivity (Wildman–Crippen MR) is 86.5 cm³/mol. The first-order valence-corrected chi connectivity index (χ1v) is 7.87. The van der Waals surface area contributed by atoms with Gasteiger partial charge in [-0.05, 0) is 50.8 Å². The van der Waals surface area contributed by atoms with Crippen LogP contribution in [0.4, 0.5) is 4.39 Å². The number of nitrogens with one attached hydrogen (secondary N) is 2. The van der Waals surface area contributed by atoms with Crippen LogP contribution in [0.3, 0.4) is 0 Å². The van der Waals surface area contributed by atoms with Gasteiger partial charge in [-0.2, -0.15) is 0 Å². The average Bonchev–Trinajstić information content (AvgIpc) is 3.28. The van der Waals surface area contributed by atoms with Gasteiger partial charge in [0.15, 0.2) is 5.96 Å². The Bertz CT molecular complexity index is 689. The summed E-state index contributed by atoms with van der Waals surface area (Å²) in [5.74, 6) is 2.13. The van der Waals surface area contributed by atoms with Crippen LogP contribution in [0.5, 0.6) is 0 Å². The van der Waals surface area contributed by atoms with E-state index in [9.17, 15) is 4.39 Å². The molecule has 0 unspecified atom stereocenters. The first-order chi connectivity index (χ1) is 10.7. The molecule has 0 aliphatic heterocycles. The van der Waals surface area contributed by atoms with E-state index in [1.165, 1.54) is 25.0 Å². The Morgan fingerprint density at radius 3 is 2.91 bits per heavy atom. The lowest BCUT2D eigenvalue weighted by Crippen LogP contribution is -2.38. The molecule has 1 aliphatic rings. The van der Waals surface area contributed by atoms with Gasteiger partial charge in [0.2, 0.25) is 0 Å². The Balaban J connectivity index is 1.74. The van der Waals surface area contributed by atoms with Gasteiger partial charge in [0, 0.05) is 24.0 Å². The number of halogens is 1. The van der Waals surface area contributed by atoms with Crippen molar-refractivity contribution in [3.63, 3.8) is 0 Å². The Kier molecular flexibility index (Phi) is 4.32. The molecule has 2 aromatic rings. The van der Waals surface area contributed by atoms with Gasteiger partial charge in [0.05, 0.1) is 0 Å². The van der Waals surface area contributed by atoms with E-state index in [2.05, 4.69) is 15.6 Å². The number of aryl methyl sites for hydroxylation is 1. The van der Waals surface area contributed by atoms with Crippen LogP contribution in [-0.4, -0.2) is 19.0 Å². The van der Waals surface area contributed by atoms with Gasteiger partial charge in [-0.15, -0.1) is 0 Å². The van der Waals surface area contributed by atoms with E-state index in [1.54, 1.807) is 6.07 Å². The smallest absolute Gasteiger partial charge is 0.191 e. The van der Waals surface area contributed by atoms with E-state index < -0.39 is 0 Å². The van der Waals surface area contributed by atoms with Crippen LogP contribution in [0.2, 0.25) is 0 Å². The van der Waals surface area contributed by atoms with Gasteiger partial charge in [-0.25, -0.2) is 9.38 Å². The molecule has 0 amide bonds. The Labute approximate surface area is 129 Å². The minimum atomic E-state index is -0.245. The van der Waals surface area contributed by atoms with Gasteiger partial charge < -0.3 is 15.1 Å². The molecular formula is C17H22FN3O. The summed E-state index contributed by atoms with van der Waals surface area (Å²) < 4.78 is 19.1. The number of rotatable bonds is 5. The van der Waals surface area contributed by atoms with Gasteiger partial charge in [0.1, 0.15) is 23.7 Å². The van der Waals surface area contributed by atoms with Crippen molar-refractivity contribution in [3.05, 3.63) is 35.3 Å². The lowest BCUT2D eigenvalue weighted by atomic mass is 10.1. The average molecular weight is 303 g/mol. The van der Waals surface area contributed by atoms with Crippen molar-refractivity contribution in [3.8, 4) is 0 Å². The van der Waals surface area contributed by atoms with E-state index in [1.807, 2.05) is 13.8 Å². The number of aliphatic imine (C=N–C) groups is 1. The zero-order valence-electron chi connectivity index (χ0n) is 13.1. The Morgan fingerprint density at radius 1 is 1.36 bits per heavy atom. The molecule has 3 rings (SSSR count).